The lowest BCUT2D eigenvalue weighted by Gasteiger charge is -2.29. The Morgan fingerprint density at radius 1 is 0.959 bits per heavy atom. The van der Waals surface area contributed by atoms with Gasteiger partial charge in [-0.25, -0.2) is 4.79 Å². The Hall–Kier alpha value is -4.83. The molecule has 2 rings (SSSR count). The first kappa shape index (κ1) is 42.2. The van der Waals surface area contributed by atoms with Crippen LogP contribution in [-0.4, -0.2) is 95.5 Å². The second kappa shape index (κ2) is 21.2. The van der Waals surface area contributed by atoms with E-state index in [4.69, 9.17) is 15.6 Å². The summed E-state index contributed by atoms with van der Waals surface area (Å²) >= 11 is 0. The predicted molar refractivity (Wildman–Crippen MR) is 180 cm³/mol. The Morgan fingerprint density at radius 2 is 1.57 bits per heavy atom. The van der Waals surface area contributed by atoms with Crippen molar-refractivity contribution in [2.45, 2.75) is 85.1 Å². The van der Waals surface area contributed by atoms with Gasteiger partial charge in [-0.3, -0.25) is 33.7 Å². The number of hydrogen-bond acceptors (Lipinski definition) is 10. The number of benzene rings is 1. The fraction of sp³-hybridized carbons (Fsp3) is 0.545. The summed E-state index contributed by atoms with van der Waals surface area (Å²) in [5, 5.41) is 19.1. The molecule has 1 aliphatic heterocycles. The predicted octanol–water partition coefficient (Wildman–Crippen LogP) is 1.44. The maximum absolute atomic E-state index is 13.0. The molecule has 0 aromatic heterocycles. The molecule has 3 unspecified atom stereocenters. The molecule has 1 heterocycles. The molecule has 0 spiro atoms. The third kappa shape index (κ3) is 15.7. The molecule has 0 fully saturated rings. The lowest BCUT2D eigenvalue weighted by Crippen LogP contribution is -2.59. The minimum absolute atomic E-state index is 0.0000487. The van der Waals surface area contributed by atoms with Crippen LogP contribution in [0.4, 0.5) is 10.5 Å². The molecule has 16 nitrogen and oxygen atoms in total. The van der Waals surface area contributed by atoms with E-state index < -0.39 is 47.3 Å². The number of carboxylic acid groups (broad SMARTS) is 1. The monoisotopic (exact) mass is 690 g/mol. The van der Waals surface area contributed by atoms with E-state index in [2.05, 4.69) is 26.0 Å². The number of ether oxygens (including phenoxy) is 2. The standard InChI is InChI=1S/C31H44N6O10.C2H6/c1-19(2)27(28(42)34-17-24(39)35-22-7-5-21(6-8-22)18-47-30(44)45)36-29(43)31(4,32)13-16-46-20(3)11-14-33-23(38)12-15-37-25(40)9-10-26(37)41;1-2/h5-10,19-20,27H,11-18,32H2,1-4H3,(H,33,38)(H,34,42)(H,35,39)(H,36,43)(H,44,45);1-2H3. The normalized spacial score (nSPS) is 14.6. The molecule has 0 radical (unpaired) electrons. The highest BCUT2D eigenvalue weighted by molar-refractivity contribution is 6.13. The van der Waals surface area contributed by atoms with Crippen molar-refractivity contribution in [3.8, 4) is 0 Å². The molecule has 0 saturated carbocycles. The smallest absolute Gasteiger partial charge is 0.450 e. The lowest BCUT2D eigenvalue weighted by atomic mass is 9.96. The molecule has 7 N–H and O–H groups in total. The van der Waals surface area contributed by atoms with E-state index in [1.807, 2.05) is 13.8 Å². The average Bonchev–Trinajstić information content (AvgIpc) is 3.37. The van der Waals surface area contributed by atoms with E-state index in [9.17, 15) is 33.6 Å². The van der Waals surface area contributed by atoms with Crippen LogP contribution in [0.5, 0.6) is 0 Å². The third-order valence-corrected chi connectivity index (χ3v) is 7.14. The molecule has 0 saturated heterocycles. The Balaban J connectivity index is 0.00000589. The van der Waals surface area contributed by atoms with Crippen molar-refractivity contribution in [2.24, 2.45) is 11.7 Å². The number of anilines is 1. The molecule has 0 bridgehead atoms. The van der Waals surface area contributed by atoms with Crippen LogP contribution in [0.1, 0.15) is 66.4 Å². The number of imide groups is 1. The summed E-state index contributed by atoms with van der Waals surface area (Å²) in [6.45, 7) is 10.7. The van der Waals surface area contributed by atoms with Gasteiger partial charge in [-0.15, -0.1) is 0 Å². The number of nitrogens with two attached hydrogens (primary N) is 1. The molecule has 3 atom stereocenters. The molecule has 1 aromatic carbocycles. The lowest BCUT2D eigenvalue weighted by molar-refractivity contribution is -0.137. The van der Waals surface area contributed by atoms with Crippen molar-refractivity contribution in [3.63, 3.8) is 0 Å². The zero-order valence-corrected chi connectivity index (χ0v) is 29.0. The zero-order chi connectivity index (χ0) is 37.1. The Bertz CT molecular complexity index is 1310. The second-order valence-electron chi connectivity index (χ2n) is 11.6. The van der Waals surface area contributed by atoms with Gasteiger partial charge in [0.15, 0.2) is 0 Å². The van der Waals surface area contributed by atoms with Gasteiger partial charge in [-0.05, 0) is 50.3 Å². The third-order valence-electron chi connectivity index (χ3n) is 7.14. The SMILES string of the molecule is CC.CC(CCNC(=O)CCN1C(=O)C=CC1=O)OCCC(C)(N)C(=O)NC(C(=O)NCC(=O)Nc1ccc(COC(=O)O)cc1)C(C)C. The van der Waals surface area contributed by atoms with E-state index in [1.54, 1.807) is 45.0 Å². The highest BCUT2D eigenvalue weighted by Crippen LogP contribution is 2.12. The van der Waals surface area contributed by atoms with E-state index in [1.165, 1.54) is 6.92 Å². The number of hydrogen-bond donors (Lipinski definition) is 6. The number of carbonyl (C=O) groups is 7. The summed E-state index contributed by atoms with van der Waals surface area (Å²) in [5.41, 5.74) is 5.90. The van der Waals surface area contributed by atoms with Crippen molar-refractivity contribution < 1.29 is 48.1 Å². The van der Waals surface area contributed by atoms with Gasteiger partial charge < -0.3 is 41.6 Å². The van der Waals surface area contributed by atoms with Crippen molar-refractivity contribution in [2.75, 3.05) is 31.6 Å². The molecule has 1 aromatic rings. The quantitative estimate of drug-likeness (QED) is 0.0897. The highest BCUT2D eigenvalue weighted by atomic mass is 16.7. The summed E-state index contributed by atoms with van der Waals surface area (Å²) < 4.78 is 10.2. The Morgan fingerprint density at radius 3 is 2.14 bits per heavy atom. The van der Waals surface area contributed by atoms with Crippen molar-refractivity contribution in [3.05, 3.63) is 42.0 Å². The van der Waals surface area contributed by atoms with Gasteiger partial charge in [0.1, 0.15) is 12.6 Å². The van der Waals surface area contributed by atoms with Crippen LogP contribution >= 0.6 is 0 Å². The van der Waals surface area contributed by atoms with Gasteiger partial charge in [-0.1, -0.05) is 39.8 Å². The Labute approximate surface area is 286 Å². The van der Waals surface area contributed by atoms with Gasteiger partial charge in [0.05, 0.1) is 18.2 Å². The minimum Gasteiger partial charge on any atom is -0.450 e. The summed E-state index contributed by atoms with van der Waals surface area (Å²) in [6, 6.07) is 5.34. The molecule has 1 aliphatic rings. The van der Waals surface area contributed by atoms with Crippen LogP contribution in [-0.2, 0) is 44.8 Å². The molecule has 49 heavy (non-hydrogen) atoms. The van der Waals surface area contributed by atoms with Crippen LogP contribution in [0.15, 0.2) is 36.4 Å². The van der Waals surface area contributed by atoms with Crippen LogP contribution < -0.4 is 27.0 Å². The second-order valence-corrected chi connectivity index (χ2v) is 11.6. The first-order valence-electron chi connectivity index (χ1n) is 16.1. The number of nitrogens with zero attached hydrogens (tertiary/aromatic N) is 1. The van der Waals surface area contributed by atoms with Crippen molar-refractivity contribution >= 4 is 47.3 Å². The zero-order valence-electron chi connectivity index (χ0n) is 29.0. The van der Waals surface area contributed by atoms with E-state index in [0.29, 0.717) is 24.2 Å². The topological polar surface area (TPSA) is 236 Å². The largest absolute Gasteiger partial charge is 0.506 e. The number of nitrogens with one attached hydrogen (secondary N) is 4. The summed E-state index contributed by atoms with van der Waals surface area (Å²) in [5.74, 6) is -3.16. The summed E-state index contributed by atoms with van der Waals surface area (Å²) in [4.78, 5) is 84.9. The van der Waals surface area contributed by atoms with Crippen LogP contribution in [0.25, 0.3) is 0 Å². The van der Waals surface area contributed by atoms with E-state index in [0.717, 1.165) is 17.1 Å². The van der Waals surface area contributed by atoms with Gasteiger partial charge in [0, 0.05) is 44.0 Å². The van der Waals surface area contributed by atoms with Gasteiger partial charge in [0.2, 0.25) is 23.6 Å². The Kier molecular flexibility index (Phi) is 18.3. The molecule has 16 heteroatoms. The van der Waals surface area contributed by atoms with Gasteiger partial charge in [-0.2, -0.15) is 0 Å². The minimum atomic E-state index is -1.40. The van der Waals surface area contributed by atoms with E-state index in [-0.39, 0.29) is 57.1 Å². The van der Waals surface area contributed by atoms with Crippen molar-refractivity contribution in [1.82, 2.24) is 20.9 Å². The fourth-order valence-electron chi connectivity index (χ4n) is 4.19. The molecule has 6 amide bonds. The highest BCUT2D eigenvalue weighted by Gasteiger charge is 2.33. The van der Waals surface area contributed by atoms with Gasteiger partial charge in [0.25, 0.3) is 11.8 Å². The van der Waals surface area contributed by atoms with Crippen LogP contribution in [0, 0.1) is 5.92 Å². The fourth-order valence-corrected chi connectivity index (χ4v) is 4.19. The summed E-state index contributed by atoms with van der Waals surface area (Å²) in [6.07, 6.45) is 1.25. The number of carbonyl (C=O) groups excluding carboxylic acids is 6. The molecular formula is C33H50N6O10. The number of rotatable bonds is 19. The average molecular weight is 691 g/mol. The van der Waals surface area contributed by atoms with E-state index >= 15 is 0 Å². The van der Waals surface area contributed by atoms with Crippen LogP contribution in [0.3, 0.4) is 0 Å². The molecular weight excluding hydrogens is 640 g/mol. The first-order valence-corrected chi connectivity index (χ1v) is 16.1. The van der Waals surface area contributed by atoms with Crippen molar-refractivity contribution in [1.29, 1.82) is 0 Å². The first-order chi connectivity index (χ1) is 23.1. The van der Waals surface area contributed by atoms with Gasteiger partial charge >= 0.3 is 6.16 Å². The summed E-state index contributed by atoms with van der Waals surface area (Å²) in [7, 11) is 0. The molecule has 272 valence electrons. The number of amides is 6. The maximum Gasteiger partial charge on any atom is 0.506 e. The molecule has 0 aliphatic carbocycles. The van der Waals surface area contributed by atoms with Crippen LogP contribution in [0.2, 0.25) is 0 Å². The maximum atomic E-state index is 13.0.